The third-order valence-electron chi connectivity index (χ3n) is 5.42. The molecule has 1 heteroatoms. The highest BCUT2D eigenvalue weighted by molar-refractivity contribution is 6.10. The highest BCUT2D eigenvalue weighted by Gasteiger charge is 2.22. The molecule has 142 valence electrons. The smallest absolute Gasteiger partial charge is 0.0629 e. The Kier molecular flexibility index (Phi) is 2.97. The SMILES string of the molecule is [2H]c1c([2H])c([2H])c(-c2ccc(-n3c4ccccc4c4cccc(C(C)(C)C)c43)cc2)c([2H])c1[2H]. The van der Waals surface area contributed by atoms with Crippen LogP contribution in [0.3, 0.4) is 0 Å². The van der Waals surface area contributed by atoms with Crippen molar-refractivity contribution in [2.75, 3.05) is 0 Å². The molecular formula is C28H25N. The van der Waals surface area contributed by atoms with Gasteiger partial charge in [0.15, 0.2) is 0 Å². The number of nitrogens with zero attached hydrogens (tertiary/aromatic N) is 1. The Hall–Kier alpha value is -3.32. The van der Waals surface area contributed by atoms with Crippen molar-refractivity contribution in [3.63, 3.8) is 0 Å². The summed E-state index contributed by atoms with van der Waals surface area (Å²) in [6.45, 7) is 6.64. The minimum Gasteiger partial charge on any atom is -0.309 e. The van der Waals surface area contributed by atoms with Gasteiger partial charge in [-0.1, -0.05) is 99.5 Å². The van der Waals surface area contributed by atoms with Crippen LogP contribution in [0.2, 0.25) is 0 Å². The highest BCUT2D eigenvalue weighted by Crippen LogP contribution is 2.38. The molecular weight excluding hydrogens is 350 g/mol. The number of hydrogen-bond acceptors (Lipinski definition) is 0. The van der Waals surface area contributed by atoms with Gasteiger partial charge in [-0.25, -0.2) is 0 Å². The summed E-state index contributed by atoms with van der Waals surface area (Å²) in [5, 5.41) is 2.37. The van der Waals surface area contributed by atoms with Gasteiger partial charge < -0.3 is 4.57 Å². The highest BCUT2D eigenvalue weighted by atomic mass is 15.0. The third kappa shape index (κ3) is 2.94. The van der Waals surface area contributed by atoms with Crippen LogP contribution in [0, 0.1) is 0 Å². The van der Waals surface area contributed by atoms with E-state index in [1.807, 2.05) is 30.3 Å². The predicted molar refractivity (Wildman–Crippen MR) is 125 cm³/mol. The van der Waals surface area contributed by atoms with E-state index in [1.165, 1.54) is 16.3 Å². The lowest BCUT2D eigenvalue weighted by Crippen LogP contribution is -2.13. The number of para-hydroxylation sites is 2. The lowest BCUT2D eigenvalue weighted by molar-refractivity contribution is 0.594. The van der Waals surface area contributed by atoms with Gasteiger partial charge in [-0.2, -0.15) is 0 Å². The molecule has 5 rings (SSSR count). The number of aromatic nitrogens is 1. The van der Waals surface area contributed by atoms with Crippen LogP contribution in [-0.4, -0.2) is 4.57 Å². The molecule has 0 aliphatic carbocycles. The zero-order valence-electron chi connectivity index (χ0n) is 21.8. The van der Waals surface area contributed by atoms with Crippen molar-refractivity contribution in [1.82, 2.24) is 4.57 Å². The van der Waals surface area contributed by atoms with E-state index in [2.05, 4.69) is 61.7 Å². The summed E-state index contributed by atoms with van der Waals surface area (Å²) in [7, 11) is 0. The molecule has 4 aromatic carbocycles. The predicted octanol–water partition coefficient (Wildman–Crippen LogP) is 7.75. The number of benzene rings is 4. The maximum atomic E-state index is 8.30. The molecule has 29 heavy (non-hydrogen) atoms. The zero-order valence-corrected chi connectivity index (χ0v) is 16.8. The van der Waals surface area contributed by atoms with Crippen molar-refractivity contribution >= 4 is 21.8 Å². The van der Waals surface area contributed by atoms with Crippen LogP contribution in [0.25, 0.3) is 38.6 Å². The average molecular weight is 381 g/mol. The maximum absolute atomic E-state index is 8.30. The van der Waals surface area contributed by atoms with Crippen molar-refractivity contribution in [3.05, 3.63) is 103 Å². The molecule has 0 aliphatic heterocycles. The Morgan fingerprint density at radius 3 is 2.10 bits per heavy atom. The van der Waals surface area contributed by atoms with Gasteiger partial charge >= 0.3 is 0 Å². The molecule has 0 saturated heterocycles. The number of fused-ring (bicyclic) bond motifs is 3. The summed E-state index contributed by atoms with van der Waals surface area (Å²) in [5.41, 5.74) is 5.22. The van der Waals surface area contributed by atoms with Crippen molar-refractivity contribution in [2.24, 2.45) is 0 Å². The summed E-state index contributed by atoms with van der Waals surface area (Å²) in [6, 6.07) is 21.0. The van der Waals surface area contributed by atoms with Gasteiger partial charge in [0, 0.05) is 16.5 Å². The normalized spacial score (nSPS) is 14.4. The Morgan fingerprint density at radius 1 is 0.690 bits per heavy atom. The fourth-order valence-electron chi connectivity index (χ4n) is 4.06. The summed E-state index contributed by atoms with van der Waals surface area (Å²) in [5.74, 6) is 0. The van der Waals surface area contributed by atoms with Crippen molar-refractivity contribution < 1.29 is 6.85 Å². The first kappa shape index (κ1) is 13.0. The number of rotatable bonds is 2. The minimum absolute atomic E-state index is 0.0567. The summed E-state index contributed by atoms with van der Waals surface area (Å²) in [4.78, 5) is 0. The molecule has 1 nitrogen and oxygen atoms in total. The van der Waals surface area contributed by atoms with E-state index in [4.69, 9.17) is 6.85 Å². The lowest BCUT2D eigenvalue weighted by Gasteiger charge is -2.22. The van der Waals surface area contributed by atoms with Gasteiger partial charge in [0.05, 0.1) is 17.9 Å². The average Bonchev–Trinajstić information content (AvgIpc) is 3.16. The molecule has 0 atom stereocenters. The molecule has 0 radical (unpaired) electrons. The Labute approximate surface area is 179 Å². The molecule has 0 spiro atoms. The maximum Gasteiger partial charge on any atom is 0.0629 e. The molecule has 0 amide bonds. The Morgan fingerprint density at radius 2 is 1.38 bits per heavy atom. The van der Waals surface area contributed by atoms with Crippen LogP contribution in [0.4, 0.5) is 0 Å². The molecule has 0 saturated carbocycles. The topological polar surface area (TPSA) is 4.93 Å². The third-order valence-corrected chi connectivity index (χ3v) is 5.42. The molecule has 0 bridgehead atoms. The molecule has 5 aromatic rings. The molecule has 1 heterocycles. The van der Waals surface area contributed by atoms with Crippen molar-refractivity contribution in [2.45, 2.75) is 26.2 Å². The van der Waals surface area contributed by atoms with E-state index in [-0.39, 0.29) is 41.2 Å². The minimum atomic E-state index is -0.379. The van der Waals surface area contributed by atoms with Crippen LogP contribution >= 0.6 is 0 Å². The molecule has 0 N–H and O–H groups in total. The van der Waals surface area contributed by atoms with E-state index in [1.54, 1.807) is 0 Å². The quantitative estimate of drug-likeness (QED) is 0.295. The molecule has 0 unspecified atom stereocenters. The first-order valence-electron chi connectivity index (χ1n) is 12.3. The van der Waals surface area contributed by atoms with Gasteiger partial charge in [-0.3, -0.25) is 0 Å². The second kappa shape index (κ2) is 6.63. The van der Waals surface area contributed by atoms with Crippen LogP contribution in [-0.2, 0) is 5.41 Å². The first-order valence-corrected chi connectivity index (χ1v) is 9.81. The van der Waals surface area contributed by atoms with E-state index in [0.29, 0.717) is 5.56 Å². The van der Waals surface area contributed by atoms with E-state index in [0.717, 1.165) is 16.7 Å². The first-order chi connectivity index (χ1) is 16.1. The fraction of sp³-hybridized carbons (Fsp3) is 0.143. The fourth-order valence-corrected chi connectivity index (χ4v) is 4.06. The van der Waals surface area contributed by atoms with Crippen LogP contribution in [0.1, 0.15) is 33.2 Å². The lowest BCUT2D eigenvalue weighted by atomic mass is 9.85. The van der Waals surface area contributed by atoms with Gasteiger partial charge in [-0.05, 0) is 40.3 Å². The molecule has 0 aliphatic rings. The van der Waals surface area contributed by atoms with Gasteiger partial charge in [0.2, 0.25) is 0 Å². The van der Waals surface area contributed by atoms with Gasteiger partial charge in [0.1, 0.15) is 0 Å². The van der Waals surface area contributed by atoms with Gasteiger partial charge in [0.25, 0.3) is 0 Å². The van der Waals surface area contributed by atoms with E-state index >= 15 is 0 Å². The number of hydrogen-bond donors (Lipinski definition) is 0. The van der Waals surface area contributed by atoms with Crippen molar-refractivity contribution in [3.8, 4) is 16.8 Å². The zero-order chi connectivity index (χ0) is 24.4. The second-order valence-electron chi connectivity index (χ2n) is 8.35. The monoisotopic (exact) mass is 380 g/mol. The van der Waals surface area contributed by atoms with E-state index in [9.17, 15) is 0 Å². The molecule has 0 fully saturated rings. The summed E-state index contributed by atoms with van der Waals surface area (Å²) in [6.07, 6.45) is 0. The summed E-state index contributed by atoms with van der Waals surface area (Å²) < 4.78 is 42.7. The van der Waals surface area contributed by atoms with Gasteiger partial charge in [-0.15, -0.1) is 0 Å². The van der Waals surface area contributed by atoms with Crippen molar-refractivity contribution in [1.29, 1.82) is 0 Å². The van der Waals surface area contributed by atoms with Crippen LogP contribution in [0.5, 0.6) is 0 Å². The van der Waals surface area contributed by atoms with E-state index < -0.39 is 0 Å². The largest absolute Gasteiger partial charge is 0.309 e. The Bertz CT molecular complexity index is 1540. The second-order valence-corrected chi connectivity index (χ2v) is 8.35. The summed E-state index contributed by atoms with van der Waals surface area (Å²) >= 11 is 0. The standard InChI is InChI=1S/C28H25N/c1-28(2,3)25-14-9-13-24-23-12-7-8-15-26(23)29(27(24)25)22-18-16-21(17-19-22)20-10-5-4-6-11-20/h4-19H,1-3H3/i4D,5D,6D,10D,11D. The van der Waals surface area contributed by atoms with Crippen LogP contribution < -0.4 is 0 Å². The Balaban J connectivity index is 1.77. The molecule has 1 aromatic heterocycles. The van der Waals surface area contributed by atoms with Crippen LogP contribution in [0.15, 0.2) is 96.9 Å².